The maximum atomic E-state index is 12.9. The second-order valence-electron chi connectivity index (χ2n) is 8.12. The maximum Gasteiger partial charge on any atom is 0.129 e. The highest BCUT2D eigenvalue weighted by atomic mass is 32.2. The summed E-state index contributed by atoms with van der Waals surface area (Å²) >= 11 is 0. The summed E-state index contributed by atoms with van der Waals surface area (Å²) in [6, 6.07) is 10.4. The normalized spacial score (nSPS) is 29.4. The molecular weight excluding hydrogens is 306 g/mol. The third-order valence-electron chi connectivity index (χ3n) is 3.80. The second-order valence-corrected chi connectivity index (χ2v) is 15.0. The SMILES string of the molecule is CC(C)(C)[S@@](=O)N1[C@H](C#C[Si](C)(C)C)[C@@]1(C)c1ccccc1. The molecule has 0 aromatic heterocycles. The van der Waals surface area contributed by atoms with Gasteiger partial charge in [0.2, 0.25) is 0 Å². The van der Waals surface area contributed by atoms with Crippen LogP contribution in [0.15, 0.2) is 30.3 Å². The molecule has 22 heavy (non-hydrogen) atoms. The summed E-state index contributed by atoms with van der Waals surface area (Å²) in [6.45, 7) is 15.0. The summed E-state index contributed by atoms with van der Waals surface area (Å²) in [5, 5.41) is 0. The molecule has 4 atom stereocenters. The van der Waals surface area contributed by atoms with E-state index in [9.17, 15) is 4.21 Å². The van der Waals surface area contributed by atoms with Gasteiger partial charge in [-0.15, -0.1) is 5.54 Å². The van der Waals surface area contributed by atoms with E-state index in [0.29, 0.717) is 0 Å². The van der Waals surface area contributed by atoms with Gasteiger partial charge >= 0.3 is 0 Å². The van der Waals surface area contributed by atoms with Crippen LogP contribution < -0.4 is 0 Å². The number of hydrogen-bond acceptors (Lipinski definition) is 1. The van der Waals surface area contributed by atoms with E-state index in [1.807, 2.05) is 39.0 Å². The van der Waals surface area contributed by atoms with Crippen molar-refractivity contribution >= 4 is 19.1 Å². The van der Waals surface area contributed by atoms with E-state index in [0.717, 1.165) is 0 Å². The summed E-state index contributed by atoms with van der Waals surface area (Å²) < 4.78 is 14.7. The zero-order valence-electron chi connectivity index (χ0n) is 14.7. The van der Waals surface area contributed by atoms with Crippen LogP contribution >= 0.6 is 0 Å². The first kappa shape index (κ1) is 17.5. The average Bonchev–Trinajstić information content (AvgIpc) is 3.01. The van der Waals surface area contributed by atoms with Gasteiger partial charge in [-0.2, -0.15) is 4.31 Å². The molecule has 1 aromatic carbocycles. The Kier molecular flexibility index (Phi) is 4.47. The van der Waals surface area contributed by atoms with Gasteiger partial charge in [0.25, 0.3) is 0 Å². The molecule has 1 unspecified atom stereocenters. The van der Waals surface area contributed by atoms with Crippen molar-refractivity contribution in [1.29, 1.82) is 0 Å². The van der Waals surface area contributed by atoms with Gasteiger partial charge in [-0.25, -0.2) is 4.21 Å². The molecule has 0 bridgehead atoms. The van der Waals surface area contributed by atoms with Gasteiger partial charge in [0, 0.05) is 0 Å². The van der Waals surface area contributed by atoms with Gasteiger partial charge in [-0.3, -0.25) is 0 Å². The van der Waals surface area contributed by atoms with Gasteiger partial charge < -0.3 is 0 Å². The van der Waals surface area contributed by atoms with Crippen LogP contribution in [0.5, 0.6) is 0 Å². The first-order valence-corrected chi connectivity index (χ1v) is 12.4. The first-order valence-electron chi connectivity index (χ1n) is 7.77. The fraction of sp³-hybridized carbons (Fsp3) is 0.556. The molecule has 0 radical (unpaired) electrons. The van der Waals surface area contributed by atoms with Crippen molar-refractivity contribution in [1.82, 2.24) is 4.31 Å². The van der Waals surface area contributed by atoms with Gasteiger partial charge in [-0.1, -0.05) is 55.9 Å². The minimum absolute atomic E-state index is 0.0432. The summed E-state index contributed by atoms with van der Waals surface area (Å²) in [4.78, 5) is 0. The van der Waals surface area contributed by atoms with Crippen molar-refractivity contribution < 1.29 is 4.21 Å². The molecule has 120 valence electrons. The Bertz CT molecular complexity index is 633. The van der Waals surface area contributed by atoms with Gasteiger partial charge in [0.05, 0.1) is 10.3 Å². The largest absolute Gasteiger partial charge is 0.242 e. The minimum atomic E-state index is -1.44. The Morgan fingerprint density at radius 1 is 1.18 bits per heavy atom. The topological polar surface area (TPSA) is 20.1 Å². The van der Waals surface area contributed by atoms with Gasteiger partial charge in [-0.05, 0) is 33.3 Å². The lowest BCUT2D eigenvalue weighted by Gasteiger charge is -2.21. The van der Waals surface area contributed by atoms with Crippen molar-refractivity contribution in [3.05, 3.63) is 35.9 Å². The molecule has 1 aliphatic heterocycles. The van der Waals surface area contributed by atoms with E-state index in [-0.39, 0.29) is 16.3 Å². The van der Waals surface area contributed by atoms with E-state index in [4.69, 9.17) is 0 Å². The van der Waals surface area contributed by atoms with Crippen LogP contribution in [-0.2, 0) is 16.5 Å². The molecule has 2 rings (SSSR count). The highest BCUT2D eigenvalue weighted by Gasteiger charge is 2.64. The first-order chi connectivity index (χ1) is 9.98. The predicted octanol–water partition coefficient (Wildman–Crippen LogP) is 3.93. The van der Waals surface area contributed by atoms with Crippen molar-refractivity contribution in [3.63, 3.8) is 0 Å². The van der Waals surface area contributed by atoms with E-state index >= 15 is 0 Å². The van der Waals surface area contributed by atoms with Crippen LogP contribution in [0.4, 0.5) is 0 Å². The van der Waals surface area contributed by atoms with E-state index < -0.39 is 19.1 Å². The lowest BCUT2D eigenvalue weighted by atomic mass is 9.97. The Morgan fingerprint density at radius 2 is 1.73 bits per heavy atom. The molecule has 0 saturated carbocycles. The standard InChI is InChI=1S/C18H27NOSSi/c1-17(2,3)21(20)19-16(13-14-22(5,6)7)18(19,4)15-11-9-8-10-12-15/h8-12,16H,1-7H3/t16-,18-,19?,21-/m1/s1. The molecule has 1 saturated heterocycles. The highest BCUT2D eigenvalue weighted by Crippen LogP contribution is 2.52. The molecule has 0 N–H and O–H groups in total. The Hall–Kier alpha value is -0.893. The predicted molar refractivity (Wildman–Crippen MR) is 98.4 cm³/mol. The van der Waals surface area contributed by atoms with Gasteiger partial charge in [0.1, 0.15) is 25.1 Å². The number of hydrogen-bond donors (Lipinski definition) is 0. The Labute approximate surface area is 138 Å². The summed E-state index contributed by atoms with van der Waals surface area (Å²) in [7, 11) is -2.50. The summed E-state index contributed by atoms with van der Waals surface area (Å²) in [5.74, 6) is 3.43. The number of nitrogens with zero attached hydrogens (tertiary/aromatic N) is 1. The van der Waals surface area contributed by atoms with Crippen LogP contribution in [0.3, 0.4) is 0 Å². The maximum absolute atomic E-state index is 12.9. The second kappa shape index (κ2) is 5.63. The number of rotatable bonds is 2. The molecule has 2 nitrogen and oxygen atoms in total. The summed E-state index contributed by atoms with van der Waals surface area (Å²) in [6.07, 6.45) is 0. The monoisotopic (exact) mass is 333 g/mol. The molecule has 1 heterocycles. The zero-order chi connectivity index (χ0) is 16.8. The fourth-order valence-electron chi connectivity index (χ4n) is 2.47. The molecule has 1 aliphatic rings. The smallest absolute Gasteiger partial charge is 0.129 e. The molecule has 0 spiro atoms. The van der Waals surface area contributed by atoms with Crippen LogP contribution in [0.2, 0.25) is 19.6 Å². The van der Waals surface area contributed by atoms with Crippen molar-refractivity contribution in [3.8, 4) is 11.5 Å². The molecule has 1 aromatic rings. The molecule has 0 amide bonds. The van der Waals surface area contributed by atoms with E-state index in [1.165, 1.54) is 5.56 Å². The highest BCUT2D eigenvalue weighted by molar-refractivity contribution is 7.84. The van der Waals surface area contributed by atoms with Gasteiger partial charge in [0.15, 0.2) is 0 Å². The third kappa shape index (κ3) is 3.37. The third-order valence-corrected chi connectivity index (χ3v) is 6.69. The molecule has 0 aliphatic carbocycles. The van der Waals surface area contributed by atoms with Crippen LogP contribution in [0.1, 0.15) is 33.3 Å². The number of benzene rings is 1. The van der Waals surface area contributed by atoms with Crippen molar-refractivity contribution in [2.75, 3.05) is 0 Å². The Morgan fingerprint density at radius 3 is 2.18 bits per heavy atom. The van der Waals surface area contributed by atoms with Crippen LogP contribution in [-0.4, -0.2) is 27.4 Å². The molecule has 1 fully saturated rings. The summed E-state index contributed by atoms with van der Waals surface area (Å²) in [5.41, 5.74) is 4.41. The Balaban J connectivity index is 2.41. The van der Waals surface area contributed by atoms with Crippen LogP contribution in [0.25, 0.3) is 0 Å². The zero-order valence-corrected chi connectivity index (χ0v) is 16.5. The van der Waals surface area contributed by atoms with E-state index in [2.05, 4.69) is 54.5 Å². The van der Waals surface area contributed by atoms with Crippen molar-refractivity contribution in [2.24, 2.45) is 0 Å². The fourth-order valence-corrected chi connectivity index (χ4v) is 4.58. The molecule has 4 heteroatoms. The van der Waals surface area contributed by atoms with E-state index in [1.54, 1.807) is 0 Å². The minimum Gasteiger partial charge on any atom is -0.242 e. The lowest BCUT2D eigenvalue weighted by molar-refractivity contribution is 0.563. The van der Waals surface area contributed by atoms with Crippen LogP contribution in [0, 0.1) is 11.5 Å². The quantitative estimate of drug-likeness (QED) is 0.456. The lowest BCUT2D eigenvalue weighted by Crippen LogP contribution is -2.30. The van der Waals surface area contributed by atoms with Crippen molar-refractivity contribution in [2.45, 2.75) is 63.7 Å². The average molecular weight is 334 g/mol. The molecular formula is C18H27NOSSi.